The van der Waals surface area contributed by atoms with Crippen LogP contribution in [0.3, 0.4) is 0 Å². The van der Waals surface area contributed by atoms with Crippen LogP contribution in [-0.2, 0) is 6.42 Å². The maximum atomic E-state index is 10.2. The van der Waals surface area contributed by atoms with Crippen LogP contribution in [0.2, 0.25) is 0 Å². The first-order valence-electron chi connectivity index (χ1n) is 7.40. The van der Waals surface area contributed by atoms with Gasteiger partial charge in [0.25, 0.3) is 0 Å². The van der Waals surface area contributed by atoms with E-state index in [1.54, 1.807) is 0 Å². The van der Waals surface area contributed by atoms with Gasteiger partial charge >= 0.3 is 0 Å². The van der Waals surface area contributed by atoms with E-state index in [9.17, 15) is 5.11 Å². The van der Waals surface area contributed by atoms with Crippen LogP contribution < -0.4 is 5.73 Å². The quantitative estimate of drug-likeness (QED) is 0.763. The van der Waals surface area contributed by atoms with Crippen molar-refractivity contribution in [2.45, 2.75) is 50.7 Å². The van der Waals surface area contributed by atoms with Gasteiger partial charge in [-0.1, -0.05) is 6.07 Å². The Bertz CT molecular complexity index is 470. The van der Waals surface area contributed by atoms with Crippen molar-refractivity contribution in [2.75, 3.05) is 18.8 Å². The highest BCUT2D eigenvalue weighted by Crippen LogP contribution is 2.38. The number of likely N-dealkylation sites (tertiary alicyclic amines) is 1. The maximum Gasteiger partial charge on any atom is 0.0632 e. The molecule has 0 saturated carbocycles. The molecule has 1 fully saturated rings. The average molecular weight is 260 g/mol. The zero-order chi connectivity index (χ0) is 13.5. The van der Waals surface area contributed by atoms with Crippen LogP contribution in [0.4, 0.5) is 5.69 Å². The zero-order valence-electron chi connectivity index (χ0n) is 11.7. The van der Waals surface area contributed by atoms with Gasteiger partial charge in [0.2, 0.25) is 0 Å². The van der Waals surface area contributed by atoms with E-state index in [1.165, 1.54) is 17.5 Å². The summed E-state index contributed by atoms with van der Waals surface area (Å²) in [4.78, 5) is 2.56. The van der Waals surface area contributed by atoms with Crippen LogP contribution >= 0.6 is 0 Å². The van der Waals surface area contributed by atoms with Crippen molar-refractivity contribution in [3.05, 3.63) is 29.3 Å². The van der Waals surface area contributed by atoms with Crippen LogP contribution in [0.5, 0.6) is 0 Å². The molecule has 1 heterocycles. The lowest BCUT2D eigenvalue weighted by molar-refractivity contribution is 0.0429. The second-order valence-electron chi connectivity index (χ2n) is 6.40. The van der Waals surface area contributed by atoms with E-state index in [0.29, 0.717) is 6.04 Å². The monoisotopic (exact) mass is 260 g/mol. The molecule has 1 saturated heterocycles. The molecule has 19 heavy (non-hydrogen) atoms. The van der Waals surface area contributed by atoms with Gasteiger partial charge < -0.3 is 10.8 Å². The van der Waals surface area contributed by atoms with Crippen molar-refractivity contribution < 1.29 is 5.11 Å². The highest BCUT2D eigenvalue weighted by molar-refractivity contribution is 5.47. The van der Waals surface area contributed by atoms with Crippen LogP contribution in [0.1, 0.15) is 49.8 Å². The number of nitrogens with zero attached hydrogens (tertiary/aromatic N) is 1. The standard InChI is InChI=1S/C16H24N2O/c1-16(19)7-2-9-18(10-8-16)15-6-3-12-11-13(17)4-5-14(12)15/h4-5,11,15,19H,2-3,6-10,17H2,1H3. The molecule has 0 radical (unpaired) electrons. The summed E-state index contributed by atoms with van der Waals surface area (Å²) in [5, 5.41) is 10.2. The van der Waals surface area contributed by atoms with Gasteiger partial charge in [0.05, 0.1) is 5.60 Å². The average Bonchev–Trinajstić information content (AvgIpc) is 2.67. The lowest BCUT2D eigenvalue weighted by Gasteiger charge is -2.28. The number of aryl methyl sites for hydroxylation is 1. The van der Waals surface area contributed by atoms with Crippen LogP contribution in [0.15, 0.2) is 18.2 Å². The molecule has 104 valence electrons. The number of fused-ring (bicyclic) bond motifs is 1. The summed E-state index contributed by atoms with van der Waals surface area (Å²) < 4.78 is 0. The molecule has 3 N–H and O–H groups in total. The third-order valence-corrected chi connectivity index (χ3v) is 4.75. The molecular weight excluding hydrogens is 236 g/mol. The SMILES string of the molecule is CC1(O)CCCN(C2CCc3cc(N)ccc32)CC1. The van der Waals surface area contributed by atoms with E-state index in [4.69, 9.17) is 5.73 Å². The molecule has 3 nitrogen and oxygen atoms in total. The molecule has 0 aromatic heterocycles. The maximum absolute atomic E-state index is 10.2. The van der Waals surface area contributed by atoms with Crippen molar-refractivity contribution in [1.29, 1.82) is 0 Å². The van der Waals surface area contributed by atoms with Gasteiger partial charge in [-0.05, 0) is 68.8 Å². The summed E-state index contributed by atoms with van der Waals surface area (Å²) in [5.74, 6) is 0. The summed E-state index contributed by atoms with van der Waals surface area (Å²) in [6.07, 6.45) is 5.23. The van der Waals surface area contributed by atoms with Gasteiger partial charge in [0.15, 0.2) is 0 Å². The first-order chi connectivity index (χ1) is 9.05. The summed E-state index contributed by atoms with van der Waals surface area (Å²) in [5.41, 5.74) is 9.14. The molecule has 1 aromatic carbocycles. The number of hydrogen-bond donors (Lipinski definition) is 2. The Labute approximate surface area is 115 Å². The van der Waals surface area contributed by atoms with E-state index in [0.717, 1.165) is 44.5 Å². The fraction of sp³-hybridized carbons (Fsp3) is 0.625. The Morgan fingerprint density at radius 2 is 2.16 bits per heavy atom. The highest BCUT2D eigenvalue weighted by atomic mass is 16.3. The molecule has 3 rings (SSSR count). The number of anilines is 1. The minimum absolute atomic E-state index is 0.475. The molecule has 2 aliphatic rings. The molecule has 0 spiro atoms. The van der Waals surface area contributed by atoms with E-state index >= 15 is 0 Å². The van der Waals surface area contributed by atoms with Crippen LogP contribution in [0, 0.1) is 0 Å². The Kier molecular flexibility index (Phi) is 3.27. The number of rotatable bonds is 1. The van der Waals surface area contributed by atoms with Gasteiger partial charge in [-0.3, -0.25) is 4.90 Å². The summed E-state index contributed by atoms with van der Waals surface area (Å²) in [7, 11) is 0. The summed E-state index contributed by atoms with van der Waals surface area (Å²) in [6.45, 7) is 4.08. The second-order valence-corrected chi connectivity index (χ2v) is 6.40. The van der Waals surface area contributed by atoms with Gasteiger partial charge in [-0.15, -0.1) is 0 Å². The molecule has 0 amide bonds. The third kappa shape index (κ3) is 2.63. The van der Waals surface area contributed by atoms with Crippen molar-refractivity contribution in [1.82, 2.24) is 4.90 Å². The summed E-state index contributed by atoms with van der Waals surface area (Å²) >= 11 is 0. The fourth-order valence-electron chi connectivity index (χ4n) is 3.59. The molecule has 2 atom stereocenters. The van der Waals surface area contributed by atoms with Crippen LogP contribution in [0.25, 0.3) is 0 Å². The van der Waals surface area contributed by atoms with Crippen LogP contribution in [-0.4, -0.2) is 28.7 Å². The number of nitrogens with two attached hydrogens (primary N) is 1. The van der Waals surface area contributed by atoms with E-state index < -0.39 is 5.60 Å². The molecule has 1 aliphatic heterocycles. The highest BCUT2D eigenvalue weighted by Gasteiger charge is 2.32. The van der Waals surface area contributed by atoms with Gasteiger partial charge in [0, 0.05) is 18.3 Å². The van der Waals surface area contributed by atoms with Gasteiger partial charge in [-0.25, -0.2) is 0 Å². The predicted molar refractivity (Wildman–Crippen MR) is 78.0 cm³/mol. The van der Waals surface area contributed by atoms with Gasteiger partial charge in [0.1, 0.15) is 0 Å². The fourth-order valence-corrected chi connectivity index (χ4v) is 3.59. The van der Waals surface area contributed by atoms with Crippen molar-refractivity contribution in [3.63, 3.8) is 0 Å². The molecular formula is C16H24N2O. The van der Waals surface area contributed by atoms with Crippen molar-refractivity contribution >= 4 is 5.69 Å². The molecule has 3 heteroatoms. The predicted octanol–water partition coefficient (Wildman–Crippen LogP) is 2.49. The smallest absolute Gasteiger partial charge is 0.0632 e. The van der Waals surface area contributed by atoms with Crippen molar-refractivity contribution in [3.8, 4) is 0 Å². The molecule has 0 bridgehead atoms. The summed E-state index contributed by atoms with van der Waals surface area (Å²) in [6, 6.07) is 6.88. The molecule has 1 aromatic rings. The largest absolute Gasteiger partial charge is 0.399 e. The number of hydrogen-bond acceptors (Lipinski definition) is 3. The van der Waals surface area contributed by atoms with E-state index in [2.05, 4.69) is 17.0 Å². The Balaban J connectivity index is 1.78. The normalized spacial score (nSPS) is 32.0. The minimum atomic E-state index is -0.475. The first-order valence-corrected chi connectivity index (χ1v) is 7.40. The Hall–Kier alpha value is -1.06. The topological polar surface area (TPSA) is 49.5 Å². The van der Waals surface area contributed by atoms with Gasteiger partial charge in [-0.2, -0.15) is 0 Å². The second kappa shape index (κ2) is 4.80. The van der Waals surface area contributed by atoms with Crippen molar-refractivity contribution in [2.24, 2.45) is 0 Å². The first kappa shape index (κ1) is 12.9. The Morgan fingerprint density at radius 3 is 3.00 bits per heavy atom. The van der Waals surface area contributed by atoms with E-state index in [-0.39, 0.29) is 0 Å². The lowest BCUT2D eigenvalue weighted by atomic mass is 9.98. The molecule has 1 aliphatic carbocycles. The van der Waals surface area contributed by atoms with E-state index in [1.807, 2.05) is 13.0 Å². The third-order valence-electron chi connectivity index (χ3n) is 4.75. The molecule has 2 unspecified atom stereocenters. The number of benzene rings is 1. The number of nitrogen functional groups attached to an aromatic ring is 1. The Morgan fingerprint density at radius 1 is 1.32 bits per heavy atom. The number of aliphatic hydroxyl groups is 1. The minimum Gasteiger partial charge on any atom is -0.399 e. The zero-order valence-corrected chi connectivity index (χ0v) is 11.7. The lowest BCUT2D eigenvalue weighted by Crippen LogP contribution is -2.30.